The summed E-state index contributed by atoms with van der Waals surface area (Å²) in [7, 11) is 0. The number of hydrogen-bond acceptors (Lipinski definition) is 2. The van der Waals surface area contributed by atoms with Gasteiger partial charge in [-0.1, -0.05) is 200 Å². The van der Waals surface area contributed by atoms with Crippen LogP contribution in [0.5, 0.6) is 0 Å². The Morgan fingerprint density at radius 2 is 0.656 bits per heavy atom. The van der Waals surface area contributed by atoms with Crippen molar-refractivity contribution in [3.05, 3.63) is 288 Å². The lowest BCUT2D eigenvalue weighted by molar-refractivity contribution is 0.769. The van der Waals surface area contributed by atoms with Crippen LogP contribution in [0.4, 0.5) is 34.1 Å². The van der Waals surface area contributed by atoms with E-state index in [0.29, 0.717) is 5.02 Å². The van der Waals surface area contributed by atoms with Crippen LogP contribution in [0.1, 0.15) is 22.3 Å². The number of rotatable bonds is 10. The number of para-hydroxylation sites is 2. The van der Waals surface area contributed by atoms with Crippen molar-refractivity contribution in [2.45, 2.75) is 5.41 Å². The van der Waals surface area contributed by atoms with Crippen molar-refractivity contribution < 1.29 is 0 Å². The Morgan fingerprint density at radius 3 is 1.19 bits per heavy atom. The molecule has 1 aliphatic rings. The van der Waals surface area contributed by atoms with Crippen LogP contribution in [0.3, 0.4) is 0 Å². The molecule has 0 unspecified atom stereocenters. The van der Waals surface area contributed by atoms with Gasteiger partial charge in [0.1, 0.15) is 0 Å². The van der Waals surface area contributed by atoms with Crippen molar-refractivity contribution in [1.29, 1.82) is 0 Å². The first kappa shape index (κ1) is 39.0. The molecular formula is C61H43ClN2. The van der Waals surface area contributed by atoms with Gasteiger partial charge in [-0.25, -0.2) is 0 Å². The molecular weight excluding hydrogens is 796 g/mol. The Hall–Kier alpha value is -7.91. The summed E-state index contributed by atoms with van der Waals surface area (Å²) < 4.78 is 0. The van der Waals surface area contributed by atoms with Gasteiger partial charge in [-0.15, -0.1) is 0 Å². The number of halogens is 1. The standard InChI is InChI=1S/C61H43ClN2/c62-50-21-15-26-53(41-50)64(55-28-16-27-54(42-55)63(51-22-9-3-10-23-51)52-24-11-4-12-25-52)56-39-40-60-58(43-56)57-29-13-14-30-59(57)61(60,48-35-31-46(32-36-48)44-17-5-1-6-18-44)49-37-33-47(34-38-49)45-19-7-2-8-20-45/h1-43H. The van der Waals surface area contributed by atoms with Crippen LogP contribution in [0.2, 0.25) is 5.02 Å². The second-order valence-corrected chi connectivity index (χ2v) is 16.7. The first-order chi connectivity index (χ1) is 31.6. The van der Waals surface area contributed by atoms with Gasteiger partial charge in [0.25, 0.3) is 0 Å². The molecule has 0 bridgehead atoms. The van der Waals surface area contributed by atoms with Gasteiger partial charge in [0.15, 0.2) is 0 Å². The molecule has 0 fully saturated rings. The second-order valence-electron chi connectivity index (χ2n) is 16.3. The predicted molar refractivity (Wildman–Crippen MR) is 269 cm³/mol. The molecule has 0 saturated heterocycles. The average molecular weight is 839 g/mol. The molecule has 64 heavy (non-hydrogen) atoms. The van der Waals surface area contributed by atoms with Crippen molar-refractivity contribution in [3.63, 3.8) is 0 Å². The average Bonchev–Trinajstić information content (AvgIpc) is 3.66. The molecule has 304 valence electrons. The number of benzene rings is 10. The minimum Gasteiger partial charge on any atom is -0.310 e. The molecule has 0 heterocycles. The minimum absolute atomic E-state index is 0.582. The smallest absolute Gasteiger partial charge is 0.0713 e. The van der Waals surface area contributed by atoms with Crippen molar-refractivity contribution in [2.75, 3.05) is 9.80 Å². The monoisotopic (exact) mass is 838 g/mol. The maximum absolute atomic E-state index is 6.80. The molecule has 3 heteroatoms. The highest BCUT2D eigenvalue weighted by molar-refractivity contribution is 6.30. The lowest BCUT2D eigenvalue weighted by Gasteiger charge is -2.34. The van der Waals surface area contributed by atoms with E-state index in [1.807, 2.05) is 12.1 Å². The maximum atomic E-state index is 6.80. The van der Waals surface area contributed by atoms with Crippen LogP contribution >= 0.6 is 11.6 Å². The summed E-state index contributed by atoms with van der Waals surface area (Å²) in [6, 6.07) is 93.8. The molecule has 11 rings (SSSR count). The van der Waals surface area contributed by atoms with Gasteiger partial charge >= 0.3 is 0 Å². The van der Waals surface area contributed by atoms with Gasteiger partial charge in [-0.2, -0.15) is 0 Å². The van der Waals surface area contributed by atoms with E-state index >= 15 is 0 Å². The third kappa shape index (κ3) is 6.95. The second kappa shape index (κ2) is 16.8. The third-order valence-electron chi connectivity index (χ3n) is 12.6. The molecule has 0 atom stereocenters. The zero-order valence-electron chi connectivity index (χ0n) is 35.1. The minimum atomic E-state index is -0.582. The SMILES string of the molecule is Clc1cccc(N(c2cccc(N(c3ccccc3)c3ccccc3)c2)c2ccc3c(c2)-c2ccccc2C3(c2ccc(-c3ccccc3)cc2)c2ccc(-c3ccccc3)cc2)c1. The largest absolute Gasteiger partial charge is 0.310 e. The lowest BCUT2D eigenvalue weighted by Crippen LogP contribution is -2.28. The third-order valence-corrected chi connectivity index (χ3v) is 12.8. The lowest BCUT2D eigenvalue weighted by atomic mass is 9.67. The van der Waals surface area contributed by atoms with E-state index in [4.69, 9.17) is 11.6 Å². The highest BCUT2D eigenvalue weighted by atomic mass is 35.5. The Labute approximate surface area is 380 Å². The zero-order chi connectivity index (χ0) is 42.9. The molecule has 0 aliphatic heterocycles. The molecule has 10 aromatic carbocycles. The van der Waals surface area contributed by atoms with Crippen molar-refractivity contribution >= 4 is 45.7 Å². The van der Waals surface area contributed by atoms with Crippen LogP contribution in [-0.4, -0.2) is 0 Å². The first-order valence-electron chi connectivity index (χ1n) is 21.8. The van der Waals surface area contributed by atoms with Crippen LogP contribution in [0, 0.1) is 0 Å². The summed E-state index contributed by atoms with van der Waals surface area (Å²) >= 11 is 6.80. The quantitative estimate of drug-likeness (QED) is 0.135. The highest BCUT2D eigenvalue weighted by Gasteiger charge is 2.46. The highest BCUT2D eigenvalue weighted by Crippen LogP contribution is 2.57. The maximum Gasteiger partial charge on any atom is 0.0713 e. The fourth-order valence-corrected chi connectivity index (χ4v) is 9.91. The Balaban J connectivity index is 1.10. The number of fused-ring (bicyclic) bond motifs is 3. The van der Waals surface area contributed by atoms with Crippen molar-refractivity contribution in [1.82, 2.24) is 0 Å². The number of nitrogens with zero attached hydrogens (tertiary/aromatic N) is 2. The zero-order valence-corrected chi connectivity index (χ0v) is 35.9. The summed E-state index contributed by atoms with van der Waals surface area (Å²) in [6.45, 7) is 0. The molecule has 2 nitrogen and oxygen atoms in total. The Bertz CT molecular complexity index is 3080. The summed E-state index contributed by atoms with van der Waals surface area (Å²) in [4.78, 5) is 4.63. The van der Waals surface area contributed by atoms with Gasteiger partial charge in [0, 0.05) is 39.1 Å². The van der Waals surface area contributed by atoms with Gasteiger partial charge in [-0.05, 0) is 128 Å². The fraction of sp³-hybridized carbons (Fsp3) is 0.0164. The Kier molecular flexibility index (Phi) is 10.2. The summed E-state index contributed by atoms with van der Waals surface area (Å²) in [5, 5.41) is 0.678. The summed E-state index contributed by atoms with van der Waals surface area (Å²) in [6.07, 6.45) is 0. The molecule has 1 aliphatic carbocycles. The van der Waals surface area contributed by atoms with E-state index in [1.165, 1.54) is 55.6 Å². The van der Waals surface area contributed by atoms with Gasteiger partial charge in [0.2, 0.25) is 0 Å². The van der Waals surface area contributed by atoms with Crippen LogP contribution in [0.15, 0.2) is 261 Å². The van der Waals surface area contributed by atoms with Crippen molar-refractivity contribution in [3.8, 4) is 33.4 Å². The van der Waals surface area contributed by atoms with E-state index in [1.54, 1.807) is 0 Å². The predicted octanol–water partition coefficient (Wildman–Crippen LogP) is 17.0. The van der Waals surface area contributed by atoms with E-state index in [-0.39, 0.29) is 0 Å². The summed E-state index contributed by atoms with van der Waals surface area (Å²) in [5.74, 6) is 0. The first-order valence-corrected chi connectivity index (χ1v) is 22.2. The summed E-state index contributed by atoms with van der Waals surface area (Å²) in [5.41, 5.74) is 17.8. The Morgan fingerprint density at radius 1 is 0.266 bits per heavy atom. The molecule has 0 N–H and O–H groups in total. The van der Waals surface area contributed by atoms with E-state index in [9.17, 15) is 0 Å². The number of hydrogen-bond donors (Lipinski definition) is 0. The molecule has 10 aromatic rings. The molecule has 0 spiro atoms. The fourth-order valence-electron chi connectivity index (χ4n) is 9.72. The van der Waals surface area contributed by atoms with E-state index in [0.717, 1.165) is 34.1 Å². The topological polar surface area (TPSA) is 6.48 Å². The van der Waals surface area contributed by atoms with Crippen LogP contribution < -0.4 is 9.80 Å². The van der Waals surface area contributed by atoms with Crippen LogP contribution in [0.25, 0.3) is 33.4 Å². The van der Waals surface area contributed by atoms with E-state index < -0.39 is 5.41 Å². The van der Waals surface area contributed by atoms with Gasteiger partial charge < -0.3 is 9.80 Å². The number of anilines is 6. The molecule has 0 saturated carbocycles. The van der Waals surface area contributed by atoms with Gasteiger partial charge in [-0.3, -0.25) is 0 Å². The molecule has 0 aromatic heterocycles. The van der Waals surface area contributed by atoms with Crippen LogP contribution in [-0.2, 0) is 5.41 Å². The van der Waals surface area contributed by atoms with Crippen molar-refractivity contribution in [2.24, 2.45) is 0 Å². The van der Waals surface area contributed by atoms with Gasteiger partial charge in [0.05, 0.1) is 5.41 Å². The molecule has 0 radical (unpaired) electrons. The van der Waals surface area contributed by atoms with E-state index in [2.05, 4.69) is 259 Å². The normalized spacial score (nSPS) is 12.3. The molecule has 0 amide bonds.